The highest BCUT2D eigenvalue weighted by Crippen LogP contribution is 2.43. The van der Waals surface area contributed by atoms with Crippen molar-refractivity contribution in [1.82, 2.24) is 9.13 Å². The number of aryl methyl sites for hydroxylation is 10. The third-order valence-corrected chi connectivity index (χ3v) is 13.2. The van der Waals surface area contributed by atoms with Crippen LogP contribution in [0.5, 0.6) is 0 Å². The van der Waals surface area contributed by atoms with Gasteiger partial charge in [-0.05, 0) is 234 Å². The summed E-state index contributed by atoms with van der Waals surface area (Å²) in [5, 5.41) is 5.55. The molecule has 0 fully saturated rings. The molecule has 2 heteroatoms. The maximum Gasteiger partial charge on any atom is 0.0546 e. The molecule has 0 N–H and O–H groups in total. The standard InChI is InChI=1S/C50H52N2/c1-25-21-43-47(35(11)31(25)7)48-36(12)32(8)26(2)22-44(48)51(43)39-15-17-41(29(5)19-39)42-18-16-40(20-30(42)6)52-45-23-27(3)33(9)37(13)49(45)50-38(14)34(10)28(4)24-46(50)52/h15-24H,1-14H3. The van der Waals surface area contributed by atoms with E-state index in [1.165, 1.54) is 144 Å². The molecule has 0 amide bonds. The summed E-state index contributed by atoms with van der Waals surface area (Å²) in [5.41, 5.74) is 29.2. The number of hydrogen-bond acceptors (Lipinski definition) is 0. The van der Waals surface area contributed by atoms with Crippen LogP contribution in [-0.2, 0) is 0 Å². The molecule has 2 nitrogen and oxygen atoms in total. The Morgan fingerprint density at radius 1 is 0.269 bits per heavy atom. The monoisotopic (exact) mass is 680 g/mol. The van der Waals surface area contributed by atoms with E-state index in [0.29, 0.717) is 0 Å². The first kappa shape index (κ1) is 34.0. The minimum absolute atomic E-state index is 1.22. The molecule has 0 atom stereocenters. The lowest BCUT2D eigenvalue weighted by Gasteiger charge is -2.17. The Morgan fingerprint density at radius 2 is 0.519 bits per heavy atom. The molecule has 2 aromatic heterocycles. The second kappa shape index (κ2) is 11.7. The number of nitrogens with zero attached hydrogens (tertiary/aromatic N) is 2. The molecule has 0 unspecified atom stereocenters. The van der Waals surface area contributed by atoms with Crippen molar-refractivity contribution < 1.29 is 0 Å². The number of benzene rings is 6. The second-order valence-corrected chi connectivity index (χ2v) is 16.0. The zero-order valence-corrected chi connectivity index (χ0v) is 33.7. The van der Waals surface area contributed by atoms with Crippen molar-refractivity contribution in [2.45, 2.75) is 96.9 Å². The van der Waals surface area contributed by atoms with Gasteiger partial charge in [-0.15, -0.1) is 0 Å². The zero-order chi connectivity index (χ0) is 37.2. The number of hydrogen-bond donors (Lipinski definition) is 0. The van der Waals surface area contributed by atoms with Crippen molar-refractivity contribution in [1.29, 1.82) is 0 Å². The van der Waals surface area contributed by atoms with Crippen LogP contribution in [0.25, 0.3) is 66.1 Å². The van der Waals surface area contributed by atoms with Crippen molar-refractivity contribution in [2.75, 3.05) is 0 Å². The summed E-state index contributed by atoms with van der Waals surface area (Å²) in [4.78, 5) is 0. The van der Waals surface area contributed by atoms with Gasteiger partial charge in [-0.2, -0.15) is 0 Å². The average molecular weight is 681 g/mol. The molecule has 0 spiro atoms. The lowest BCUT2D eigenvalue weighted by Crippen LogP contribution is -1.99. The highest BCUT2D eigenvalue weighted by Gasteiger charge is 2.22. The quantitative estimate of drug-likeness (QED) is 0.176. The van der Waals surface area contributed by atoms with Gasteiger partial charge in [0, 0.05) is 32.9 Å². The molecule has 8 aromatic rings. The first-order chi connectivity index (χ1) is 24.6. The predicted octanol–water partition coefficient (Wildman–Crippen LogP) is 13.9. The molecule has 0 aliphatic heterocycles. The summed E-state index contributed by atoms with van der Waals surface area (Å²) in [5.74, 6) is 0. The van der Waals surface area contributed by atoms with E-state index in [1.807, 2.05) is 0 Å². The van der Waals surface area contributed by atoms with E-state index in [4.69, 9.17) is 0 Å². The summed E-state index contributed by atoms with van der Waals surface area (Å²) in [6.07, 6.45) is 0. The summed E-state index contributed by atoms with van der Waals surface area (Å²) >= 11 is 0. The Balaban J connectivity index is 1.31. The average Bonchev–Trinajstić information content (AvgIpc) is 3.60. The molecule has 6 aromatic carbocycles. The van der Waals surface area contributed by atoms with Crippen LogP contribution in [0.15, 0.2) is 60.7 Å². The molecular formula is C50H52N2. The minimum atomic E-state index is 1.22. The fourth-order valence-corrected chi connectivity index (χ4v) is 9.21. The van der Waals surface area contributed by atoms with Gasteiger partial charge in [0.2, 0.25) is 0 Å². The Hall–Kier alpha value is -5.08. The molecule has 262 valence electrons. The normalized spacial score (nSPS) is 12.0. The molecule has 0 saturated heterocycles. The summed E-state index contributed by atoms with van der Waals surface area (Å²) in [6, 6.07) is 23.7. The highest BCUT2D eigenvalue weighted by atomic mass is 15.0. The van der Waals surface area contributed by atoms with Gasteiger partial charge in [0.25, 0.3) is 0 Å². The first-order valence-electron chi connectivity index (χ1n) is 18.9. The maximum absolute atomic E-state index is 2.51. The van der Waals surface area contributed by atoms with Crippen molar-refractivity contribution in [3.63, 3.8) is 0 Å². The predicted molar refractivity (Wildman–Crippen MR) is 227 cm³/mol. The fraction of sp³-hybridized carbons (Fsp3) is 0.280. The fourth-order valence-electron chi connectivity index (χ4n) is 9.21. The third-order valence-electron chi connectivity index (χ3n) is 13.2. The molecule has 0 aliphatic carbocycles. The Labute approximate surface area is 309 Å². The summed E-state index contributed by atoms with van der Waals surface area (Å²) in [7, 11) is 0. The highest BCUT2D eigenvalue weighted by molar-refractivity contribution is 6.14. The van der Waals surface area contributed by atoms with E-state index in [-0.39, 0.29) is 0 Å². The van der Waals surface area contributed by atoms with Gasteiger partial charge in [-0.3, -0.25) is 0 Å². The second-order valence-electron chi connectivity index (χ2n) is 16.0. The lowest BCUT2D eigenvalue weighted by molar-refractivity contribution is 1.15. The van der Waals surface area contributed by atoms with E-state index in [0.717, 1.165) is 0 Å². The maximum atomic E-state index is 2.51. The van der Waals surface area contributed by atoms with Crippen LogP contribution >= 0.6 is 0 Å². The van der Waals surface area contributed by atoms with Gasteiger partial charge >= 0.3 is 0 Å². The molecule has 0 aliphatic rings. The largest absolute Gasteiger partial charge is 0.309 e. The lowest BCUT2D eigenvalue weighted by atomic mass is 9.94. The van der Waals surface area contributed by atoms with Gasteiger partial charge in [0.15, 0.2) is 0 Å². The van der Waals surface area contributed by atoms with Crippen molar-refractivity contribution in [2.24, 2.45) is 0 Å². The summed E-state index contributed by atoms with van der Waals surface area (Å²) < 4.78 is 5.02. The van der Waals surface area contributed by atoms with Gasteiger partial charge in [-0.1, -0.05) is 12.1 Å². The van der Waals surface area contributed by atoms with Gasteiger partial charge in [-0.25, -0.2) is 0 Å². The number of fused-ring (bicyclic) bond motifs is 6. The zero-order valence-electron chi connectivity index (χ0n) is 33.7. The van der Waals surface area contributed by atoms with Crippen LogP contribution in [-0.4, -0.2) is 9.13 Å². The first-order valence-corrected chi connectivity index (χ1v) is 18.9. The van der Waals surface area contributed by atoms with Crippen LogP contribution in [0.2, 0.25) is 0 Å². The SMILES string of the molecule is Cc1cc(-n2c3cc(C)c(C)c(C)c3c3c(C)c(C)c(C)cc32)ccc1-c1ccc(-n2c3cc(C)c(C)c(C)c3c3c(C)c(C)c(C)cc32)cc1C. The molecule has 52 heavy (non-hydrogen) atoms. The molecule has 0 radical (unpaired) electrons. The molecule has 8 rings (SSSR count). The molecule has 0 saturated carbocycles. The molecule has 0 bridgehead atoms. The van der Waals surface area contributed by atoms with Gasteiger partial charge in [0.05, 0.1) is 22.1 Å². The van der Waals surface area contributed by atoms with E-state index < -0.39 is 0 Å². The van der Waals surface area contributed by atoms with Crippen LogP contribution in [0.4, 0.5) is 0 Å². The number of rotatable bonds is 3. The Bertz CT molecular complexity index is 2530. The van der Waals surface area contributed by atoms with Crippen LogP contribution in [0, 0.1) is 96.9 Å². The smallest absolute Gasteiger partial charge is 0.0546 e. The number of aromatic nitrogens is 2. The Kier molecular flexibility index (Phi) is 7.67. The summed E-state index contributed by atoms with van der Waals surface area (Å²) in [6.45, 7) is 31.8. The van der Waals surface area contributed by atoms with Crippen molar-refractivity contribution in [3.8, 4) is 22.5 Å². The van der Waals surface area contributed by atoms with E-state index >= 15 is 0 Å². The molecular weight excluding hydrogens is 629 g/mol. The van der Waals surface area contributed by atoms with E-state index in [9.17, 15) is 0 Å². The van der Waals surface area contributed by atoms with Crippen LogP contribution in [0.1, 0.15) is 77.9 Å². The Morgan fingerprint density at radius 3 is 0.750 bits per heavy atom. The van der Waals surface area contributed by atoms with Gasteiger partial charge in [0.1, 0.15) is 0 Å². The van der Waals surface area contributed by atoms with Crippen LogP contribution in [0.3, 0.4) is 0 Å². The van der Waals surface area contributed by atoms with Crippen molar-refractivity contribution >= 4 is 43.6 Å². The van der Waals surface area contributed by atoms with Crippen LogP contribution < -0.4 is 0 Å². The van der Waals surface area contributed by atoms with Crippen molar-refractivity contribution in [3.05, 3.63) is 139 Å². The minimum Gasteiger partial charge on any atom is -0.309 e. The van der Waals surface area contributed by atoms with E-state index in [1.54, 1.807) is 0 Å². The van der Waals surface area contributed by atoms with Gasteiger partial charge < -0.3 is 9.13 Å². The third kappa shape index (κ3) is 4.62. The molecule has 2 heterocycles. The van der Waals surface area contributed by atoms with E-state index in [2.05, 4.69) is 167 Å². The topological polar surface area (TPSA) is 9.86 Å².